The van der Waals surface area contributed by atoms with Crippen molar-refractivity contribution in [3.8, 4) is 56.4 Å². The van der Waals surface area contributed by atoms with E-state index in [9.17, 15) is 0 Å². The Morgan fingerprint density at radius 1 is 0.360 bits per heavy atom. The molecule has 0 unspecified atom stereocenters. The molecule has 2 aliphatic carbocycles. The van der Waals surface area contributed by atoms with E-state index >= 15 is 0 Å². The summed E-state index contributed by atoms with van der Waals surface area (Å²) in [6.45, 7) is 0. The van der Waals surface area contributed by atoms with Crippen molar-refractivity contribution in [1.82, 2.24) is 15.0 Å². The van der Waals surface area contributed by atoms with Crippen molar-refractivity contribution in [2.24, 2.45) is 0 Å². The molecule has 0 radical (unpaired) electrons. The monoisotopic (exact) mass is 637 g/mol. The van der Waals surface area contributed by atoms with Gasteiger partial charge in [-0.1, -0.05) is 146 Å². The number of para-hydroxylation sites is 2. The van der Waals surface area contributed by atoms with Gasteiger partial charge in [0.15, 0.2) is 17.5 Å². The molecule has 0 amide bonds. The van der Waals surface area contributed by atoms with Crippen LogP contribution in [0.3, 0.4) is 0 Å². The molecule has 4 nitrogen and oxygen atoms in total. The molecule has 4 heteroatoms. The first-order valence-electron chi connectivity index (χ1n) is 17.0. The van der Waals surface area contributed by atoms with E-state index in [1.54, 1.807) is 0 Å². The molecule has 0 bridgehead atoms. The molecular weight excluding hydrogens is 611 g/mol. The van der Waals surface area contributed by atoms with Crippen molar-refractivity contribution < 1.29 is 4.42 Å². The first kappa shape index (κ1) is 27.3. The third-order valence-corrected chi connectivity index (χ3v) is 10.6. The molecule has 0 saturated carbocycles. The Morgan fingerprint density at radius 3 is 1.60 bits per heavy atom. The zero-order valence-corrected chi connectivity index (χ0v) is 26.8. The SMILES string of the molecule is c1ccc(-c2nc(-c3ccc4c(c3)-c3ccccc3C43c4ccccc4-c4ccccc43)nc(-c3cccc4c3oc3ccccc34)n2)cc1. The highest BCUT2D eigenvalue weighted by Gasteiger charge is 2.51. The summed E-state index contributed by atoms with van der Waals surface area (Å²) in [6, 6.07) is 57.8. The van der Waals surface area contributed by atoms with E-state index in [-0.39, 0.29) is 0 Å². The maximum absolute atomic E-state index is 6.44. The minimum atomic E-state index is -0.395. The molecule has 0 aliphatic heterocycles. The van der Waals surface area contributed by atoms with Gasteiger partial charge in [0.25, 0.3) is 0 Å². The molecule has 7 aromatic carbocycles. The molecule has 232 valence electrons. The van der Waals surface area contributed by atoms with E-state index in [0.29, 0.717) is 17.5 Å². The fourth-order valence-corrected chi connectivity index (χ4v) is 8.50. The summed E-state index contributed by atoms with van der Waals surface area (Å²) in [5.41, 5.74) is 14.2. The van der Waals surface area contributed by atoms with E-state index in [1.165, 1.54) is 44.5 Å². The zero-order valence-electron chi connectivity index (χ0n) is 26.8. The van der Waals surface area contributed by atoms with E-state index < -0.39 is 5.41 Å². The largest absolute Gasteiger partial charge is 0.455 e. The Bertz CT molecular complexity index is 2790. The molecule has 9 aromatic rings. The smallest absolute Gasteiger partial charge is 0.167 e. The highest BCUT2D eigenvalue weighted by Crippen LogP contribution is 2.62. The second kappa shape index (κ2) is 10.2. The van der Waals surface area contributed by atoms with E-state index in [0.717, 1.165) is 38.6 Å². The van der Waals surface area contributed by atoms with Crippen molar-refractivity contribution in [2.45, 2.75) is 5.41 Å². The van der Waals surface area contributed by atoms with Crippen LogP contribution in [-0.4, -0.2) is 15.0 Å². The molecule has 0 fully saturated rings. The zero-order chi connectivity index (χ0) is 32.8. The molecule has 1 spiro atoms. The standard InChI is InChI=1S/C46H27N3O/c1-2-13-28(14-3-1)43-47-44(49-45(48-43)35-20-12-19-34-33-18-7-11-24-41(33)50-42(34)35)29-25-26-40-36(27-29)32-17-6-10-23-39(32)46(40)37-21-8-4-15-30(37)31-16-5-9-22-38(31)46/h1-27H. The predicted octanol–water partition coefficient (Wildman–Crippen LogP) is 11.1. The van der Waals surface area contributed by atoms with Crippen LogP contribution < -0.4 is 0 Å². The number of fused-ring (bicyclic) bond motifs is 13. The van der Waals surface area contributed by atoms with Crippen molar-refractivity contribution >= 4 is 21.9 Å². The van der Waals surface area contributed by atoms with Crippen LogP contribution in [-0.2, 0) is 5.41 Å². The summed E-state index contributed by atoms with van der Waals surface area (Å²) < 4.78 is 6.44. The number of nitrogens with zero attached hydrogens (tertiary/aromatic N) is 3. The number of hydrogen-bond acceptors (Lipinski definition) is 4. The van der Waals surface area contributed by atoms with Gasteiger partial charge in [0.2, 0.25) is 0 Å². The van der Waals surface area contributed by atoms with Gasteiger partial charge >= 0.3 is 0 Å². The molecule has 0 N–H and O–H groups in total. The Labute approximate surface area is 288 Å². The van der Waals surface area contributed by atoms with Crippen LogP contribution in [0.2, 0.25) is 0 Å². The molecule has 0 atom stereocenters. The van der Waals surface area contributed by atoms with Crippen molar-refractivity contribution in [1.29, 1.82) is 0 Å². The van der Waals surface area contributed by atoms with Crippen LogP contribution in [0.5, 0.6) is 0 Å². The minimum absolute atomic E-state index is 0.395. The van der Waals surface area contributed by atoms with E-state index in [1.807, 2.05) is 60.7 Å². The molecule has 50 heavy (non-hydrogen) atoms. The topological polar surface area (TPSA) is 51.8 Å². The Hall–Kier alpha value is -6.65. The quantitative estimate of drug-likeness (QED) is 0.193. The van der Waals surface area contributed by atoms with Gasteiger partial charge in [-0.05, 0) is 62.7 Å². The summed E-state index contributed by atoms with van der Waals surface area (Å²) in [7, 11) is 0. The van der Waals surface area contributed by atoms with Gasteiger partial charge in [-0.25, -0.2) is 15.0 Å². The van der Waals surface area contributed by atoms with E-state index in [4.69, 9.17) is 19.4 Å². The maximum atomic E-state index is 6.44. The molecular formula is C46H27N3O. The average Bonchev–Trinajstić information content (AvgIpc) is 3.82. The number of aromatic nitrogens is 3. The van der Waals surface area contributed by atoms with Gasteiger partial charge < -0.3 is 4.42 Å². The number of furan rings is 1. The van der Waals surface area contributed by atoms with Crippen LogP contribution in [0.15, 0.2) is 168 Å². The molecule has 0 saturated heterocycles. The van der Waals surface area contributed by atoms with E-state index in [2.05, 4.69) is 103 Å². The lowest BCUT2D eigenvalue weighted by molar-refractivity contribution is 0.669. The first-order chi connectivity index (χ1) is 24.8. The highest BCUT2D eigenvalue weighted by molar-refractivity contribution is 6.09. The van der Waals surface area contributed by atoms with Gasteiger partial charge in [0.1, 0.15) is 11.2 Å². The fraction of sp³-hybridized carbons (Fsp3) is 0.0217. The fourth-order valence-electron chi connectivity index (χ4n) is 8.50. The third-order valence-electron chi connectivity index (χ3n) is 10.6. The Morgan fingerprint density at radius 2 is 0.880 bits per heavy atom. The number of rotatable bonds is 3. The van der Waals surface area contributed by atoms with Crippen molar-refractivity contribution in [3.63, 3.8) is 0 Å². The minimum Gasteiger partial charge on any atom is -0.455 e. The lowest BCUT2D eigenvalue weighted by Gasteiger charge is -2.30. The van der Waals surface area contributed by atoms with Crippen molar-refractivity contribution in [3.05, 3.63) is 186 Å². The highest BCUT2D eigenvalue weighted by atomic mass is 16.3. The average molecular weight is 638 g/mol. The Kier molecular flexibility index (Phi) is 5.56. The third kappa shape index (κ3) is 3.62. The second-order valence-electron chi connectivity index (χ2n) is 13.1. The van der Waals surface area contributed by atoms with Crippen molar-refractivity contribution in [2.75, 3.05) is 0 Å². The molecule has 11 rings (SSSR count). The number of benzene rings is 7. The van der Waals surface area contributed by atoms with Crippen LogP contribution >= 0.6 is 0 Å². The molecule has 2 heterocycles. The summed E-state index contributed by atoms with van der Waals surface area (Å²) in [5, 5.41) is 2.11. The summed E-state index contributed by atoms with van der Waals surface area (Å²) in [6.07, 6.45) is 0. The Balaban J connectivity index is 1.16. The van der Waals surface area contributed by atoms with Crippen LogP contribution in [0, 0.1) is 0 Å². The lowest BCUT2D eigenvalue weighted by Crippen LogP contribution is -2.25. The normalized spacial score (nSPS) is 13.4. The van der Waals surface area contributed by atoms with Crippen LogP contribution in [0.1, 0.15) is 22.3 Å². The molecule has 2 aromatic heterocycles. The predicted molar refractivity (Wildman–Crippen MR) is 200 cm³/mol. The summed E-state index contributed by atoms with van der Waals surface area (Å²) >= 11 is 0. The first-order valence-corrected chi connectivity index (χ1v) is 17.0. The van der Waals surface area contributed by atoms with Gasteiger partial charge in [0.05, 0.1) is 11.0 Å². The second-order valence-corrected chi connectivity index (χ2v) is 13.1. The lowest BCUT2D eigenvalue weighted by atomic mass is 9.70. The van der Waals surface area contributed by atoms with Gasteiger partial charge in [0, 0.05) is 21.9 Å². The van der Waals surface area contributed by atoms with Gasteiger partial charge in [-0.2, -0.15) is 0 Å². The molecule has 2 aliphatic rings. The van der Waals surface area contributed by atoms with Crippen LogP contribution in [0.4, 0.5) is 0 Å². The summed E-state index contributed by atoms with van der Waals surface area (Å²) in [4.78, 5) is 15.3. The van der Waals surface area contributed by atoms with Gasteiger partial charge in [-0.3, -0.25) is 0 Å². The summed E-state index contributed by atoms with van der Waals surface area (Å²) in [5.74, 6) is 1.82. The number of hydrogen-bond donors (Lipinski definition) is 0. The van der Waals surface area contributed by atoms with Gasteiger partial charge in [-0.15, -0.1) is 0 Å². The maximum Gasteiger partial charge on any atom is 0.167 e. The van der Waals surface area contributed by atoms with Crippen LogP contribution in [0.25, 0.3) is 78.4 Å².